The number of carbonyl (C=O) groups excluding carboxylic acids is 2. The van der Waals surface area contributed by atoms with E-state index in [-0.39, 0.29) is 29.8 Å². The normalized spacial score (nSPS) is 20.7. The van der Waals surface area contributed by atoms with Crippen LogP contribution in [0.1, 0.15) is 54.4 Å². The number of carbonyl (C=O) groups is 2. The number of hydrogen-bond acceptors (Lipinski definition) is 4. The predicted molar refractivity (Wildman–Crippen MR) is 121 cm³/mol. The molecule has 0 aromatic heterocycles. The molecule has 6 nitrogen and oxygen atoms in total. The van der Waals surface area contributed by atoms with E-state index in [1.165, 1.54) is 0 Å². The molecule has 3 N–H and O–H groups in total. The third kappa shape index (κ3) is 5.44. The summed E-state index contributed by atoms with van der Waals surface area (Å²) in [6.07, 6.45) is 5.86. The van der Waals surface area contributed by atoms with Crippen LogP contribution in [-0.4, -0.2) is 35.9 Å². The minimum atomic E-state index is -0.191. The second kappa shape index (κ2) is 9.52. The summed E-state index contributed by atoms with van der Waals surface area (Å²) in [5, 5.41) is 2.96. The number of hydrogen-bond donors (Lipinski definition) is 2. The molecule has 2 aliphatic rings. The fraction of sp³-hybridized carbons (Fsp3) is 0.440. The molecule has 0 radical (unpaired) electrons. The molecule has 2 fully saturated rings. The molecule has 31 heavy (non-hydrogen) atoms. The van der Waals surface area contributed by atoms with Crippen molar-refractivity contribution < 1.29 is 14.3 Å². The first-order chi connectivity index (χ1) is 15.0. The van der Waals surface area contributed by atoms with Crippen molar-refractivity contribution in [3.05, 3.63) is 59.7 Å². The third-order valence-electron chi connectivity index (χ3n) is 6.26. The Balaban J connectivity index is 1.46. The molecule has 0 heterocycles. The molecule has 164 valence electrons. The summed E-state index contributed by atoms with van der Waals surface area (Å²) in [5.74, 6) is 0.906. The monoisotopic (exact) mass is 421 g/mol. The summed E-state index contributed by atoms with van der Waals surface area (Å²) in [6, 6.07) is 15.3. The Kier molecular flexibility index (Phi) is 6.56. The number of nitrogens with one attached hydrogen (secondary N) is 1. The SMILES string of the molecule is COc1cccc(C(=O)Nc2cccc(CN(C(=O)C3CC3)C3CCC(N)CC3)c2)c1. The highest BCUT2D eigenvalue weighted by Crippen LogP contribution is 2.34. The Morgan fingerprint density at radius 2 is 1.77 bits per heavy atom. The zero-order valence-electron chi connectivity index (χ0n) is 18.0. The lowest BCUT2D eigenvalue weighted by Gasteiger charge is -2.36. The topological polar surface area (TPSA) is 84.7 Å². The molecule has 0 spiro atoms. The number of nitrogens with zero attached hydrogens (tertiary/aromatic N) is 1. The number of anilines is 1. The van der Waals surface area contributed by atoms with Crippen LogP contribution >= 0.6 is 0 Å². The van der Waals surface area contributed by atoms with Gasteiger partial charge in [0.25, 0.3) is 5.91 Å². The summed E-state index contributed by atoms with van der Waals surface area (Å²) < 4.78 is 5.20. The van der Waals surface area contributed by atoms with Gasteiger partial charge in [-0.15, -0.1) is 0 Å². The Hall–Kier alpha value is -2.86. The smallest absolute Gasteiger partial charge is 0.255 e. The van der Waals surface area contributed by atoms with Crippen molar-refractivity contribution in [2.75, 3.05) is 12.4 Å². The maximum absolute atomic E-state index is 13.0. The summed E-state index contributed by atoms with van der Waals surface area (Å²) >= 11 is 0. The van der Waals surface area contributed by atoms with Gasteiger partial charge in [0.1, 0.15) is 5.75 Å². The van der Waals surface area contributed by atoms with Crippen LogP contribution in [0.25, 0.3) is 0 Å². The molecule has 0 saturated heterocycles. The van der Waals surface area contributed by atoms with E-state index in [4.69, 9.17) is 10.5 Å². The number of benzene rings is 2. The van der Waals surface area contributed by atoms with E-state index in [9.17, 15) is 9.59 Å². The Bertz CT molecular complexity index is 933. The van der Waals surface area contributed by atoms with E-state index < -0.39 is 0 Å². The predicted octanol–water partition coefficient (Wildman–Crippen LogP) is 3.96. The Morgan fingerprint density at radius 1 is 1.03 bits per heavy atom. The summed E-state index contributed by atoms with van der Waals surface area (Å²) in [4.78, 5) is 27.7. The lowest BCUT2D eigenvalue weighted by atomic mass is 9.90. The third-order valence-corrected chi connectivity index (χ3v) is 6.26. The minimum absolute atomic E-state index is 0.187. The standard InChI is InChI=1S/C25H31N3O3/c1-31-23-7-3-5-19(15-23)24(29)27-21-6-2-4-17(14-21)16-28(25(30)18-8-9-18)22-12-10-20(26)11-13-22/h2-7,14-15,18,20,22H,8-13,16,26H2,1H3,(H,27,29). The average Bonchev–Trinajstić information content (AvgIpc) is 3.63. The van der Waals surface area contributed by atoms with Crippen molar-refractivity contribution in [1.29, 1.82) is 0 Å². The fourth-order valence-electron chi connectivity index (χ4n) is 4.28. The van der Waals surface area contributed by atoms with Crippen LogP contribution in [-0.2, 0) is 11.3 Å². The van der Waals surface area contributed by atoms with Crippen LogP contribution in [0.2, 0.25) is 0 Å². The highest BCUT2D eigenvalue weighted by Gasteiger charge is 2.37. The molecule has 0 atom stereocenters. The molecule has 0 unspecified atom stereocenters. The molecule has 2 aromatic rings. The number of amides is 2. The number of methoxy groups -OCH3 is 1. The zero-order chi connectivity index (χ0) is 21.8. The molecule has 6 heteroatoms. The number of ether oxygens (including phenoxy) is 1. The largest absolute Gasteiger partial charge is 0.497 e. The second-order valence-electron chi connectivity index (χ2n) is 8.70. The van der Waals surface area contributed by atoms with Crippen LogP contribution in [0, 0.1) is 5.92 Å². The van der Waals surface area contributed by atoms with Crippen LogP contribution in [0.4, 0.5) is 5.69 Å². The molecule has 2 saturated carbocycles. The van der Waals surface area contributed by atoms with Gasteiger partial charge in [0.2, 0.25) is 5.91 Å². The van der Waals surface area contributed by atoms with Gasteiger partial charge in [-0.05, 0) is 74.4 Å². The number of nitrogens with two attached hydrogens (primary N) is 1. The van der Waals surface area contributed by atoms with Crippen LogP contribution in [0.3, 0.4) is 0 Å². The lowest BCUT2D eigenvalue weighted by molar-refractivity contribution is -0.136. The van der Waals surface area contributed by atoms with Crippen molar-refractivity contribution in [3.8, 4) is 5.75 Å². The first-order valence-corrected chi connectivity index (χ1v) is 11.1. The zero-order valence-corrected chi connectivity index (χ0v) is 18.0. The summed E-state index contributed by atoms with van der Waals surface area (Å²) in [5.41, 5.74) is 8.35. The molecular formula is C25H31N3O3. The first kappa shape index (κ1) is 21.4. The Morgan fingerprint density at radius 3 is 2.48 bits per heavy atom. The average molecular weight is 422 g/mol. The van der Waals surface area contributed by atoms with Gasteiger partial charge in [0.15, 0.2) is 0 Å². The molecule has 2 amide bonds. The minimum Gasteiger partial charge on any atom is -0.497 e. The maximum atomic E-state index is 13.0. The van der Waals surface area contributed by atoms with Crippen LogP contribution < -0.4 is 15.8 Å². The van der Waals surface area contributed by atoms with Crippen LogP contribution in [0.15, 0.2) is 48.5 Å². The van der Waals surface area contributed by atoms with Crippen molar-refractivity contribution in [2.45, 2.75) is 57.2 Å². The van der Waals surface area contributed by atoms with Crippen molar-refractivity contribution in [3.63, 3.8) is 0 Å². The molecule has 2 aliphatic carbocycles. The van der Waals surface area contributed by atoms with Gasteiger partial charge in [0.05, 0.1) is 7.11 Å². The van der Waals surface area contributed by atoms with Gasteiger partial charge in [-0.2, -0.15) is 0 Å². The van der Waals surface area contributed by atoms with E-state index >= 15 is 0 Å². The van der Waals surface area contributed by atoms with Gasteiger partial charge in [-0.1, -0.05) is 18.2 Å². The van der Waals surface area contributed by atoms with E-state index in [2.05, 4.69) is 10.2 Å². The Labute approximate surface area is 183 Å². The van der Waals surface area contributed by atoms with Crippen molar-refractivity contribution in [1.82, 2.24) is 4.90 Å². The van der Waals surface area contributed by atoms with E-state index in [0.717, 1.165) is 49.8 Å². The summed E-state index contributed by atoms with van der Waals surface area (Å²) in [6.45, 7) is 0.568. The summed E-state index contributed by atoms with van der Waals surface area (Å²) in [7, 11) is 1.58. The molecular weight excluding hydrogens is 390 g/mol. The van der Waals surface area contributed by atoms with Gasteiger partial charge >= 0.3 is 0 Å². The molecule has 4 rings (SSSR count). The highest BCUT2D eigenvalue weighted by molar-refractivity contribution is 6.04. The van der Waals surface area contributed by atoms with E-state index in [1.54, 1.807) is 31.4 Å². The first-order valence-electron chi connectivity index (χ1n) is 11.1. The number of rotatable bonds is 7. The highest BCUT2D eigenvalue weighted by atomic mass is 16.5. The molecule has 2 aromatic carbocycles. The van der Waals surface area contributed by atoms with Gasteiger partial charge in [0, 0.05) is 35.8 Å². The maximum Gasteiger partial charge on any atom is 0.255 e. The van der Waals surface area contributed by atoms with Gasteiger partial charge < -0.3 is 20.7 Å². The lowest BCUT2D eigenvalue weighted by Crippen LogP contribution is -2.44. The van der Waals surface area contributed by atoms with Crippen molar-refractivity contribution in [2.24, 2.45) is 11.7 Å². The second-order valence-corrected chi connectivity index (χ2v) is 8.70. The fourth-order valence-corrected chi connectivity index (χ4v) is 4.28. The van der Waals surface area contributed by atoms with Crippen LogP contribution in [0.5, 0.6) is 5.75 Å². The molecule has 0 bridgehead atoms. The van der Waals surface area contributed by atoms with Gasteiger partial charge in [-0.3, -0.25) is 9.59 Å². The van der Waals surface area contributed by atoms with Gasteiger partial charge in [-0.25, -0.2) is 0 Å². The quantitative estimate of drug-likeness (QED) is 0.709. The van der Waals surface area contributed by atoms with E-state index in [1.807, 2.05) is 24.3 Å². The molecule has 0 aliphatic heterocycles. The van der Waals surface area contributed by atoms with E-state index in [0.29, 0.717) is 17.9 Å². The van der Waals surface area contributed by atoms with Crippen molar-refractivity contribution >= 4 is 17.5 Å².